The number of aromatic nitrogens is 5. The predicted octanol–water partition coefficient (Wildman–Crippen LogP) is 2.59. The highest BCUT2D eigenvalue weighted by molar-refractivity contribution is 7.99. The van der Waals surface area contributed by atoms with Gasteiger partial charge in [0, 0.05) is 43.5 Å². The fourth-order valence-corrected chi connectivity index (χ4v) is 4.65. The maximum absolute atomic E-state index is 13.2. The summed E-state index contributed by atoms with van der Waals surface area (Å²) in [4.78, 5) is 30.8. The normalized spacial score (nSPS) is 15.4. The van der Waals surface area contributed by atoms with E-state index in [0.717, 1.165) is 17.5 Å². The quantitative estimate of drug-likeness (QED) is 0.392. The van der Waals surface area contributed by atoms with Crippen LogP contribution in [0.3, 0.4) is 0 Å². The van der Waals surface area contributed by atoms with Crippen molar-refractivity contribution in [3.8, 4) is 11.4 Å². The molecule has 4 heterocycles. The van der Waals surface area contributed by atoms with Crippen LogP contribution in [0.15, 0.2) is 72.0 Å². The third-order valence-corrected chi connectivity index (χ3v) is 6.50. The third kappa shape index (κ3) is 5.07. The minimum Gasteiger partial charge on any atom is -0.352 e. The molecule has 1 N–H and O–H groups in total. The first kappa shape index (κ1) is 22.0. The summed E-state index contributed by atoms with van der Waals surface area (Å²) < 4.78 is 1.67. The van der Waals surface area contributed by atoms with E-state index in [-0.39, 0.29) is 23.6 Å². The number of benzene rings is 1. The van der Waals surface area contributed by atoms with Crippen LogP contribution in [0.5, 0.6) is 0 Å². The van der Waals surface area contributed by atoms with E-state index in [1.54, 1.807) is 16.9 Å². The summed E-state index contributed by atoms with van der Waals surface area (Å²) >= 11 is 1.37. The average molecular weight is 474 g/mol. The molecule has 1 fully saturated rings. The van der Waals surface area contributed by atoms with E-state index >= 15 is 0 Å². The zero-order chi connectivity index (χ0) is 23.3. The van der Waals surface area contributed by atoms with Crippen LogP contribution in [0, 0.1) is 0 Å². The molecule has 0 bridgehead atoms. The zero-order valence-electron chi connectivity index (χ0n) is 18.4. The van der Waals surface area contributed by atoms with E-state index in [1.807, 2.05) is 59.5 Å². The Hall–Kier alpha value is -3.79. The van der Waals surface area contributed by atoms with E-state index < -0.39 is 0 Å². The van der Waals surface area contributed by atoms with Gasteiger partial charge in [-0.2, -0.15) is 9.61 Å². The highest BCUT2D eigenvalue weighted by atomic mass is 32.2. The largest absolute Gasteiger partial charge is 0.352 e. The second-order valence-electron chi connectivity index (χ2n) is 8.06. The molecule has 0 radical (unpaired) electrons. The molecule has 0 saturated carbocycles. The van der Waals surface area contributed by atoms with Gasteiger partial charge in [0.25, 0.3) is 0 Å². The van der Waals surface area contributed by atoms with Gasteiger partial charge in [-0.1, -0.05) is 42.1 Å². The van der Waals surface area contributed by atoms with Gasteiger partial charge < -0.3 is 10.2 Å². The number of pyridine rings is 1. The summed E-state index contributed by atoms with van der Waals surface area (Å²) in [6, 6.07) is 17.3. The number of thioether (sulfide) groups is 1. The predicted molar refractivity (Wildman–Crippen MR) is 128 cm³/mol. The van der Waals surface area contributed by atoms with Crippen molar-refractivity contribution in [3.05, 3.63) is 72.6 Å². The molecule has 5 rings (SSSR count). The Morgan fingerprint density at radius 1 is 1.12 bits per heavy atom. The summed E-state index contributed by atoms with van der Waals surface area (Å²) in [7, 11) is 0. The van der Waals surface area contributed by atoms with Crippen molar-refractivity contribution in [2.75, 3.05) is 12.3 Å². The molecule has 1 aliphatic heterocycles. The Morgan fingerprint density at radius 3 is 2.76 bits per heavy atom. The number of hydrogen-bond acceptors (Lipinski definition) is 7. The number of nitrogens with one attached hydrogen (secondary N) is 1. The molecular formula is C24H23N7O2S. The van der Waals surface area contributed by atoms with Gasteiger partial charge in [-0.3, -0.25) is 14.6 Å². The smallest absolute Gasteiger partial charge is 0.233 e. The van der Waals surface area contributed by atoms with Gasteiger partial charge in [0.15, 0.2) is 11.5 Å². The minimum atomic E-state index is -0.0151. The summed E-state index contributed by atoms with van der Waals surface area (Å²) in [6.07, 6.45) is 4.67. The van der Waals surface area contributed by atoms with Gasteiger partial charge >= 0.3 is 0 Å². The first-order chi connectivity index (χ1) is 16.7. The van der Waals surface area contributed by atoms with Crippen LogP contribution in [-0.4, -0.2) is 59.8 Å². The molecule has 9 nitrogen and oxygen atoms in total. The van der Waals surface area contributed by atoms with Gasteiger partial charge in [-0.25, -0.2) is 0 Å². The SMILES string of the molecule is O=C1CC[C@@H](CN(Cc2ccccc2)C(=O)CSc2ccc3nnc(-c4cccnc4)n3n2)N1. The van der Waals surface area contributed by atoms with Gasteiger partial charge in [0.05, 0.1) is 5.75 Å². The van der Waals surface area contributed by atoms with Crippen LogP contribution in [0.4, 0.5) is 0 Å². The van der Waals surface area contributed by atoms with Gasteiger partial charge in [0.2, 0.25) is 11.8 Å². The molecule has 0 unspecified atom stereocenters. The minimum absolute atomic E-state index is 0.00635. The zero-order valence-corrected chi connectivity index (χ0v) is 19.2. The van der Waals surface area contributed by atoms with Crippen LogP contribution < -0.4 is 5.32 Å². The van der Waals surface area contributed by atoms with Gasteiger partial charge in [-0.15, -0.1) is 10.2 Å². The molecule has 2 amide bonds. The van der Waals surface area contributed by atoms with E-state index in [9.17, 15) is 9.59 Å². The lowest BCUT2D eigenvalue weighted by molar-refractivity contribution is -0.129. The number of fused-ring (bicyclic) bond motifs is 1. The summed E-state index contributed by atoms with van der Waals surface area (Å²) in [5.41, 5.74) is 2.49. The summed E-state index contributed by atoms with van der Waals surface area (Å²) in [5, 5.41) is 16.7. The number of rotatable bonds is 8. The second kappa shape index (κ2) is 10.0. The van der Waals surface area contributed by atoms with Crippen molar-refractivity contribution in [1.29, 1.82) is 0 Å². The summed E-state index contributed by atoms with van der Waals surface area (Å²) in [5.74, 6) is 0.867. The van der Waals surface area contributed by atoms with Crippen molar-refractivity contribution in [2.45, 2.75) is 30.5 Å². The Balaban J connectivity index is 1.30. The molecule has 4 aromatic rings. The van der Waals surface area contributed by atoms with Crippen LogP contribution >= 0.6 is 11.8 Å². The van der Waals surface area contributed by atoms with Gasteiger partial charge in [0.1, 0.15) is 5.03 Å². The maximum Gasteiger partial charge on any atom is 0.233 e. The van der Waals surface area contributed by atoms with Crippen molar-refractivity contribution >= 4 is 29.2 Å². The lowest BCUT2D eigenvalue weighted by Gasteiger charge is -2.26. The topological polar surface area (TPSA) is 105 Å². The van der Waals surface area contributed by atoms with Crippen LogP contribution in [-0.2, 0) is 16.1 Å². The molecule has 1 saturated heterocycles. The maximum atomic E-state index is 13.2. The van der Waals surface area contributed by atoms with Crippen molar-refractivity contribution in [3.63, 3.8) is 0 Å². The van der Waals surface area contributed by atoms with Crippen molar-refractivity contribution in [2.24, 2.45) is 0 Å². The number of nitrogens with zero attached hydrogens (tertiary/aromatic N) is 6. The van der Waals surface area contributed by atoms with Crippen molar-refractivity contribution in [1.82, 2.24) is 35.0 Å². The van der Waals surface area contributed by atoms with Crippen LogP contribution in [0.2, 0.25) is 0 Å². The molecular weight excluding hydrogens is 450 g/mol. The number of carbonyl (C=O) groups excluding carboxylic acids is 2. The summed E-state index contributed by atoms with van der Waals surface area (Å²) in [6.45, 7) is 0.985. The Labute approximate surface area is 200 Å². The molecule has 3 aromatic heterocycles. The molecule has 1 aromatic carbocycles. The first-order valence-corrected chi connectivity index (χ1v) is 12.0. The molecule has 0 spiro atoms. The Morgan fingerprint density at radius 2 is 2.00 bits per heavy atom. The standard InChI is InChI=1S/C24H23N7O2S/c32-21-10-8-19(26-21)15-30(14-17-5-2-1-3-6-17)23(33)16-34-22-11-9-20-27-28-24(31(20)29-22)18-7-4-12-25-13-18/h1-7,9,11-13,19H,8,10,14-16H2,(H,26,32)/t19-/m0/s1. The monoisotopic (exact) mass is 473 g/mol. The Bertz CT molecular complexity index is 1300. The number of amides is 2. The van der Waals surface area contributed by atoms with E-state index in [0.29, 0.717) is 36.0 Å². The second-order valence-corrected chi connectivity index (χ2v) is 9.05. The molecule has 0 aliphatic carbocycles. The highest BCUT2D eigenvalue weighted by Gasteiger charge is 2.25. The average Bonchev–Trinajstić information content (AvgIpc) is 3.48. The first-order valence-electron chi connectivity index (χ1n) is 11.0. The van der Waals surface area contributed by atoms with Crippen LogP contribution in [0.1, 0.15) is 18.4 Å². The van der Waals surface area contributed by atoms with Crippen molar-refractivity contribution < 1.29 is 9.59 Å². The Kier molecular flexibility index (Phi) is 6.48. The lowest BCUT2D eigenvalue weighted by Crippen LogP contribution is -2.42. The van der Waals surface area contributed by atoms with E-state index in [2.05, 4.69) is 25.6 Å². The fourth-order valence-electron chi connectivity index (χ4n) is 3.89. The van der Waals surface area contributed by atoms with Gasteiger partial charge in [-0.05, 0) is 36.2 Å². The molecule has 1 aliphatic rings. The number of carbonyl (C=O) groups is 2. The fraction of sp³-hybridized carbons (Fsp3) is 0.250. The van der Waals surface area contributed by atoms with E-state index in [4.69, 9.17) is 0 Å². The molecule has 34 heavy (non-hydrogen) atoms. The number of hydrogen-bond donors (Lipinski definition) is 1. The van der Waals surface area contributed by atoms with Crippen LogP contribution in [0.25, 0.3) is 17.0 Å². The molecule has 1 atom stereocenters. The lowest BCUT2D eigenvalue weighted by atomic mass is 10.1. The highest BCUT2D eigenvalue weighted by Crippen LogP contribution is 2.21. The molecule has 172 valence electrons. The third-order valence-electron chi connectivity index (χ3n) is 5.60. The van der Waals surface area contributed by atoms with E-state index in [1.165, 1.54) is 11.8 Å². The molecule has 10 heteroatoms.